The highest BCUT2D eigenvalue weighted by molar-refractivity contribution is 6.31. The summed E-state index contributed by atoms with van der Waals surface area (Å²) in [4.78, 5) is 17.6. The van der Waals surface area contributed by atoms with Gasteiger partial charge in [-0.25, -0.2) is 4.98 Å². The summed E-state index contributed by atoms with van der Waals surface area (Å²) in [7, 11) is 1.56. The Morgan fingerprint density at radius 1 is 1.50 bits per heavy atom. The zero-order valence-electron chi connectivity index (χ0n) is 8.53. The average molecular weight is 237 g/mol. The van der Waals surface area contributed by atoms with Crippen LogP contribution in [0.5, 0.6) is 5.75 Å². The lowest BCUT2D eigenvalue weighted by Crippen LogP contribution is -1.91. The van der Waals surface area contributed by atoms with Crippen LogP contribution in [0.4, 0.5) is 0 Å². The first-order valence-corrected chi connectivity index (χ1v) is 4.96. The Balaban J connectivity index is 2.62. The number of nitrogens with one attached hydrogen (secondary N) is 1. The molecule has 4 nitrogen and oxygen atoms in total. The molecule has 1 aromatic carbocycles. The van der Waals surface area contributed by atoms with E-state index in [0.717, 1.165) is 0 Å². The van der Waals surface area contributed by atoms with E-state index in [1.165, 1.54) is 6.33 Å². The highest BCUT2D eigenvalue weighted by Crippen LogP contribution is 2.32. The van der Waals surface area contributed by atoms with Gasteiger partial charge in [-0.3, -0.25) is 4.79 Å². The molecule has 5 heteroatoms. The van der Waals surface area contributed by atoms with E-state index in [-0.39, 0.29) is 0 Å². The number of carbonyl (C=O) groups is 1. The second kappa shape index (κ2) is 4.37. The van der Waals surface area contributed by atoms with Gasteiger partial charge in [0.2, 0.25) is 0 Å². The van der Waals surface area contributed by atoms with Crippen molar-refractivity contribution in [2.24, 2.45) is 0 Å². The van der Waals surface area contributed by atoms with Gasteiger partial charge in [-0.15, -0.1) is 0 Å². The number of aldehydes is 1. The maximum atomic E-state index is 10.8. The summed E-state index contributed by atoms with van der Waals surface area (Å²) >= 11 is 5.90. The molecule has 2 aromatic rings. The number of benzene rings is 1. The number of aromatic amines is 1. The number of nitrogens with zero attached hydrogens (tertiary/aromatic N) is 1. The molecule has 0 fully saturated rings. The van der Waals surface area contributed by atoms with Crippen LogP contribution in [0.25, 0.3) is 11.3 Å². The summed E-state index contributed by atoms with van der Waals surface area (Å²) in [5.74, 6) is 0.625. The van der Waals surface area contributed by atoms with Crippen molar-refractivity contribution >= 4 is 17.9 Å². The van der Waals surface area contributed by atoms with Gasteiger partial charge >= 0.3 is 0 Å². The van der Waals surface area contributed by atoms with Crippen molar-refractivity contribution < 1.29 is 9.53 Å². The van der Waals surface area contributed by atoms with E-state index in [4.69, 9.17) is 16.3 Å². The maximum absolute atomic E-state index is 10.8. The number of ether oxygens (including phenoxy) is 1. The topological polar surface area (TPSA) is 55.0 Å². The summed E-state index contributed by atoms with van der Waals surface area (Å²) < 4.78 is 5.20. The minimum atomic E-state index is 0.403. The molecule has 1 aromatic heterocycles. The Morgan fingerprint density at radius 3 is 3.00 bits per heavy atom. The lowest BCUT2D eigenvalue weighted by molar-refractivity contribution is 0.112. The van der Waals surface area contributed by atoms with Crippen molar-refractivity contribution in [3.63, 3.8) is 0 Å². The van der Waals surface area contributed by atoms with Crippen LogP contribution in [0.2, 0.25) is 5.02 Å². The van der Waals surface area contributed by atoms with E-state index >= 15 is 0 Å². The van der Waals surface area contributed by atoms with Crippen molar-refractivity contribution in [1.29, 1.82) is 0 Å². The standard InChI is InChI=1S/C11H9ClN2O2/c1-16-10-3-2-7(12)4-8(10)11-9(5-15)13-6-14-11/h2-6H,1H3,(H,13,14). The maximum Gasteiger partial charge on any atom is 0.168 e. The van der Waals surface area contributed by atoms with E-state index in [1.807, 2.05) is 0 Å². The first-order chi connectivity index (χ1) is 7.76. The van der Waals surface area contributed by atoms with Gasteiger partial charge in [0, 0.05) is 10.6 Å². The van der Waals surface area contributed by atoms with E-state index < -0.39 is 0 Å². The van der Waals surface area contributed by atoms with E-state index in [0.29, 0.717) is 34.0 Å². The molecule has 0 spiro atoms. The molecular formula is C11H9ClN2O2. The van der Waals surface area contributed by atoms with Gasteiger partial charge in [0.1, 0.15) is 17.1 Å². The van der Waals surface area contributed by atoms with Crippen molar-refractivity contribution in [3.8, 4) is 17.0 Å². The summed E-state index contributed by atoms with van der Waals surface area (Å²) in [6, 6.07) is 5.17. The number of halogens is 1. The minimum absolute atomic E-state index is 0.403. The van der Waals surface area contributed by atoms with Crippen LogP contribution in [0.15, 0.2) is 24.5 Å². The molecule has 0 saturated heterocycles. The first-order valence-electron chi connectivity index (χ1n) is 4.58. The second-order valence-corrected chi connectivity index (χ2v) is 3.56. The molecule has 0 amide bonds. The SMILES string of the molecule is COc1ccc(Cl)cc1-c1nc[nH]c1C=O. The fraction of sp³-hybridized carbons (Fsp3) is 0.0909. The van der Waals surface area contributed by atoms with E-state index in [1.54, 1.807) is 25.3 Å². The van der Waals surface area contributed by atoms with E-state index in [2.05, 4.69) is 9.97 Å². The van der Waals surface area contributed by atoms with Gasteiger partial charge in [0.15, 0.2) is 6.29 Å². The Hall–Kier alpha value is -1.81. The van der Waals surface area contributed by atoms with Gasteiger partial charge in [-0.1, -0.05) is 11.6 Å². The van der Waals surface area contributed by atoms with Crippen LogP contribution < -0.4 is 4.74 Å². The van der Waals surface area contributed by atoms with Gasteiger partial charge in [-0.2, -0.15) is 0 Å². The number of methoxy groups -OCH3 is 1. The highest BCUT2D eigenvalue weighted by Gasteiger charge is 2.13. The number of rotatable bonds is 3. The van der Waals surface area contributed by atoms with E-state index in [9.17, 15) is 4.79 Å². The summed E-state index contributed by atoms with van der Waals surface area (Å²) in [5, 5.41) is 0.565. The molecule has 0 bridgehead atoms. The fourth-order valence-corrected chi connectivity index (χ4v) is 1.65. The summed E-state index contributed by atoms with van der Waals surface area (Å²) in [5.41, 5.74) is 1.63. The molecule has 0 aliphatic heterocycles. The zero-order valence-corrected chi connectivity index (χ0v) is 9.28. The second-order valence-electron chi connectivity index (χ2n) is 3.13. The number of imidazole rings is 1. The quantitative estimate of drug-likeness (QED) is 0.834. The molecule has 0 atom stereocenters. The molecule has 0 unspecified atom stereocenters. The molecule has 82 valence electrons. The van der Waals surface area contributed by atoms with Crippen LogP contribution in [0.3, 0.4) is 0 Å². The van der Waals surface area contributed by atoms with Crippen LogP contribution in [-0.2, 0) is 0 Å². The Kier molecular flexibility index (Phi) is 2.92. The third kappa shape index (κ3) is 1.79. The smallest absolute Gasteiger partial charge is 0.168 e. The number of H-pyrrole nitrogens is 1. The molecule has 2 rings (SSSR count). The molecular weight excluding hydrogens is 228 g/mol. The van der Waals surface area contributed by atoms with Gasteiger partial charge in [0.25, 0.3) is 0 Å². The Bertz CT molecular complexity index is 522. The lowest BCUT2D eigenvalue weighted by Gasteiger charge is -2.06. The van der Waals surface area contributed by atoms with Crippen LogP contribution >= 0.6 is 11.6 Å². The normalized spacial score (nSPS) is 10.1. The summed E-state index contributed by atoms with van der Waals surface area (Å²) in [6.45, 7) is 0. The zero-order chi connectivity index (χ0) is 11.5. The molecule has 1 heterocycles. The fourth-order valence-electron chi connectivity index (χ4n) is 1.47. The van der Waals surface area contributed by atoms with Crippen LogP contribution in [-0.4, -0.2) is 23.4 Å². The lowest BCUT2D eigenvalue weighted by atomic mass is 10.1. The molecule has 0 aliphatic rings. The molecule has 1 N–H and O–H groups in total. The Labute approximate surface area is 97.2 Å². The average Bonchev–Trinajstić information content (AvgIpc) is 2.76. The molecule has 0 saturated carbocycles. The number of hydrogen-bond donors (Lipinski definition) is 1. The van der Waals surface area contributed by atoms with Crippen LogP contribution in [0.1, 0.15) is 10.5 Å². The molecule has 0 aliphatic carbocycles. The predicted molar refractivity (Wildman–Crippen MR) is 61.0 cm³/mol. The van der Waals surface area contributed by atoms with Crippen LogP contribution in [0, 0.1) is 0 Å². The number of carbonyl (C=O) groups excluding carboxylic acids is 1. The molecule has 0 radical (unpaired) electrons. The number of aromatic nitrogens is 2. The minimum Gasteiger partial charge on any atom is -0.496 e. The van der Waals surface area contributed by atoms with Crippen molar-refractivity contribution in [2.45, 2.75) is 0 Å². The van der Waals surface area contributed by atoms with Gasteiger partial charge in [-0.05, 0) is 18.2 Å². The van der Waals surface area contributed by atoms with Gasteiger partial charge < -0.3 is 9.72 Å². The molecule has 16 heavy (non-hydrogen) atoms. The van der Waals surface area contributed by atoms with Gasteiger partial charge in [0.05, 0.1) is 13.4 Å². The first kappa shape index (κ1) is 10.7. The third-order valence-electron chi connectivity index (χ3n) is 2.20. The van der Waals surface area contributed by atoms with Crippen molar-refractivity contribution in [3.05, 3.63) is 35.2 Å². The van der Waals surface area contributed by atoms with Crippen molar-refractivity contribution in [1.82, 2.24) is 9.97 Å². The number of hydrogen-bond acceptors (Lipinski definition) is 3. The Morgan fingerprint density at radius 2 is 2.31 bits per heavy atom. The summed E-state index contributed by atoms with van der Waals surface area (Å²) in [6.07, 6.45) is 2.17. The third-order valence-corrected chi connectivity index (χ3v) is 2.44. The monoisotopic (exact) mass is 236 g/mol. The largest absolute Gasteiger partial charge is 0.496 e. The predicted octanol–water partition coefficient (Wildman–Crippen LogP) is 2.55. The van der Waals surface area contributed by atoms with Crippen molar-refractivity contribution in [2.75, 3.05) is 7.11 Å². The highest BCUT2D eigenvalue weighted by atomic mass is 35.5.